The number of aliphatic imine (C=N–C) groups is 1. The van der Waals surface area contributed by atoms with E-state index in [4.69, 9.17) is 10.00 Å². The minimum atomic E-state index is 0.646. The number of benzene rings is 1. The van der Waals surface area contributed by atoms with Gasteiger partial charge in [-0.25, -0.2) is 0 Å². The fraction of sp³-hybridized carbons (Fsp3) is 0.529. The van der Waals surface area contributed by atoms with Crippen LogP contribution in [0.25, 0.3) is 0 Å². The number of nitrogens with zero attached hydrogens (tertiary/aromatic N) is 2. The van der Waals surface area contributed by atoms with E-state index in [1.807, 2.05) is 18.2 Å². The number of ether oxygens (including phenoxy) is 1. The van der Waals surface area contributed by atoms with Gasteiger partial charge in [0.25, 0.3) is 0 Å². The van der Waals surface area contributed by atoms with E-state index in [1.165, 1.54) is 12.8 Å². The fourth-order valence-electron chi connectivity index (χ4n) is 2.07. The molecule has 5 nitrogen and oxygen atoms in total. The first-order valence-corrected chi connectivity index (χ1v) is 7.83. The molecule has 0 bridgehead atoms. The van der Waals surface area contributed by atoms with Crippen LogP contribution in [0.5, 0.6) is 0 Å². The summed E-state index contributed by atoms with van der Waals surface area (Å²) in [5.74, 6) is 1.59. The predicted octanol–water partition coefficient (Wildman–Crippen LogP) is 2.04. The Morgan fingerprint density at radius 1 is 1.41 bits per heavy atom. The summed E-state index contributed by atoms with van der Waals surface area (Å²) in [6.07, 6.45) is 3.64. The van der Waals surface area contributed by atoms with Crippen molar-refractivity contribution in [3.05, 3.63) is 35.4 Å². The molecular weight excluding hydrogens is 276 g/mol. The highest BCUT2D eigenvalue weighted by Crippen LogP contribution is 2.28. The van der Waals surface area contributed by atoms with Crippen molar-refractivity contribution in [2.45, 2.75) is 25.8 Å². The maximum Gasteiger partial charge on any atom is 0.191 e. The van der Waals surface area contributed by atoms with Crippen LogP contribution >= 0.6 is 0 Å². The largest absolute Gasteiger partial charge is 0.381 e. The molecule has 1 aliphatic carbocycles. The Hall–Kier alpha value is -2.06. The quantitative estimate of drug-likeness (QED) is 0.438. The maximum absolute atomic E-state index is 8.89. The summed E-state index contributed by atoms with van der Waals surface area (Å²) in [6.45, 7) is 3.20. The van der Waals surface area contributed by atoms with Gasteiger partial charge < -0.3 is 15.4 Å². The van der Waals surface area contributed by atoms with Gasteiger partial charge in [0, 0.05) is 33.4 Å². The van der Waals surface area contributed by atoms with Gasteiger partial charge in [-0.2, -0.15) is 5.26 Å². The third kappa shape index (κ3) is 6.15. The lowest BCUT2D eigenvalue weighted by Crippen LogP contribution is -2.37. The van der Waals surface area contributed by atoms with E-state index in [1.54, 1.807) is 13.1 Å². The Morgan fingerprint density at radius 2 is 2.27 bits per heavy atom. The van der Waals surface area contributed by atoms with Crippen molar-refractivity contribution in [2.24, 2.45) is 10.9 Å². The average molecular weight is 300 g/mol. The number of nitrogens with one attached hydrogen (secondary N) is 2. The Balaban J connectivity index is 1.60. The van der Waals surface area contributed by atoms with Gasteiger partial charge in [0.2, 0.25) is 0 Å². The van der Waals surface area contributed by atoms with Crippen molar-refractivity contribution in [3.63, 3.8) is 0 Å². The molecule has 0 radical (unpaired) electrons. The van der Waals surface area contributed by atoms with Gasteiger partial charge in [0.05, 0.1) is 11.6 Å². The molecule has 2 rings (SSSR count). The molecule has 118 valence electrons. The second kappa shape index (κ2) is 9.06. The van der Waals surface area contributed by atoms with Gasteiger partial charge in [0.1, 0.15) is 0 Å². The smallest absolute Gasteiger partial charge is 0.191 e. The lowest BCUT2D eigenvalue weighted by Gasteiger charge is -2.12. The van der Waals surface area contributed by atoms with E-state index < -0.39 is 0 Å². The zero-order chi connectivity index (χ0) is 15.6. The van der Waals surface area contributed by atoms with Crippen LogP contribution in [0.3, 0.4) is 0 Å². The highest BCUT2D eigenvalue weighted by molar-refractivity contribution is 5.79. The summed E-state index contributed by atoms with van der Waals surface area (Å²) in [6, 6.07) is 9.72. The minimum Gasteiger partial charge on any atom is -0.381 e. The van der Waals surface area contributed by atoms with Crippen LogP contribution < -0.4 is 10.6 Å². The fourth-order valence-corrected chi connectivity index (χ4v) is 2.07. The van der Waals surface area contributed by atoms with Gasteiger partial charge in [-0.15, -0.1) is 0 Å². The molecule has 0 aromatic heterocycles. The third-order valence-corrected chi connectivity index (χ3v) is 3.55. The molecule has 0 unspecified atom stereocenters. The Morgan fingerprint density at radius 3 is 3.00 bits per heavy atom. The average Bonchev–Trinajstić information content (AvgIpc) is 3.38. The number of nitriles is 1. The highest BCUT2D eigenvalue weighted by atomic mass is 16.5. The molecular formula is C17H24N4O. The van der Waals surface area contributed by atoms with Gasteiger partial charge in [0.15, 0.2) is 5.96 Å². The van der Waals surface area contributed by atoms with Crippen LogP contribution in [0.2, 0.25) is 0 Å². The Kier molecular flexibility index (Phi) is 6.72. The molecule has 1 fully saturated rings. The van der Waals surface area contributed by atoms with Gasteiger partial charge >= 0.3 is 0 Å². The molecule has 0 spiro atoms. The molecule has 1 aliphatic rings. The van der Waals surface area contributed by atoms with Crippen molar-refractivity contribution < 1.29 is 4.74 Å². The molecule has 0 aliphatic heterocycles. The molecule has 2 N–H and O–H groups in total. The van der Waals surface area contributed by atoms with Crippen LogP contribution in [0.15, 0.2) is 29.3 Å². The zero-order valence-corrected chi connectivity index (χ0v) is 13.1. The summed E-state index contributed by atoms with van der Waals surface area (Å²) in [7, 11) is 1.75. The Bertz CT molecular complexity index is 532. The van der Waals surface area contributed by atoms with Crippen molar-refractivity contribution in [2.75, 3.05) is 26.8 Å². The van der Waals surface area contributed by atoms with Crippen LogP contribution in [-0.2, 0) is 11.3 Å². The topological polar surface area (TPSA) is 69.4 Å². The Labute approximate surface area is 132 Å². The summed E-state index contributed by atoms with van der Waals surface area (Å²) < 4.78 is 5.60. The molecule has 1 aromatic rings. The van der Waals surface area contributed by atoms with Gasteiger partial charge in [-0.3, -0.25) is 4.99 Å². The van der Waals surface area contributed by atoms with E-state index in [2.05, 4.69) is 21.7 Å². The molecule has 0 heterocycles. The normalized spacial score (nSPS) is 14.5. The maximum atomic E-state index is 8.89. The second-order valence-electron chi connectivity index (χ2n) is 5.54. The molecule has 1 aromatic carbocycles. The zero-order valence-electron chi connectivity index (χ0n) is 13.1. The molecule has 0 amide bonds. The van der Waals surface area contributed by atoms with E-state index in [-0.39, 0.29) is 0 Å². The lowest BCUT2D eigenvalue weighted by molar-refractivity contribution is 0.123. The molecule has 22 heavy (non-hydrogen) atoms. The van der Waals surface area contributed by atoms with E-state index in [9.17, 15) is 0 Å². The van der Waals surface area contributed by atoms with Crippen molar-refractivity contribution in [1.82, 2.24) is 10.6 Å². The monoisotopic (exact) mass is 300 g/mol. The first kappa shape index (κ1) is 16.3. The lowest BCUT2D eigenvalue weighted by atomic mass is 10.1. The molecule has 5 heteroatoms. The van der Waals surface area contributed by atoms with Gasteiger partial charge in [-0.05, 0) is 42.9 Å². The van der Waals surface area contributed by atoms with E-state index in [0.29, 0.717) is 12.1 Å². The van der Waals surface area contributed by atoms with Crippen molar-refractivity contribution in [3.8, 4) is 6.07 Å². The number of hydrogen-bond donors (Lipinski definition) is 2. The van der Waals surface area contributed by atoms with E-state index in [0.717, 1.165) is 43.6 Å². The van der Waals surface area contributed by atoms with Crippen LogP contribution in [0, 0.1) is 17.2 Å². The SMILES string of the molecule is CN=C(NCCCOCC1CC1)NCc1cccc(C#N)c1. The number of guanidine groups is 1. The second-order valence-corrected chi connectivity index (χ2v) is 5.54. The summed E-state index contributed by atoms with van der Waals surface area (Å²) in [4.78, 5) is 4.19. The van der Waals surface area contributed by atoms with Crippen LogP contribution in [0.1, 0.15) is 30.4 Å². The molecule has 0 atom stereocenters. The van der Waals surface area contributed by atoms with Crippen LogP contribution in [-0.4, -0.2) is 32.8 Å². The first-order valence-electron chi connectivity index (χ1n) is 7.83. The third-order valence-electron chi connectivity index (χ3n) is 3.55. The summed E-state index contributed by atoms with van der Waals surface area (Å²) in [5, 5.41) is 15.4. The summed E-state index contributed by atoms with van der Waals surface area (Å²) in [5.41, 5.74) is 1.74. The van der Waals surface area contributed by atoms with Crippen molar-refractivity contribution >= 4 is 5.96 Å². The van der Waals surface area contributed by atoms with Crippen molar-refractivity contribution in [1.29, 1.82) is 5.26 Å². The molecule has 0 saturated heterocycles. The number of rotatable bonds is 8. The van der Waals surface area contributed by atoms with Crippen LogP contribution in [0.4, 0.5) is 0 Å². The number of hydrogen-bond acceptors (Lipinski definition) is 3. The molecule has 1 saturated carbocycles. The standard InChI is InChI=1S/C17H24N4O/c1-19-17(20-8-3-9-22-13-14-6-7-14)21-12-16-5-2-4-15(10-16)11-18/h2,4-5,10,14H,3,6-9,12-13H2,1H3,(H2,19,20,21). The minimum absolute atomic E-state index is 0.646. The highest BCUT2D eigenvalue weighted by Gasteiger charge is 2.20. The van der Waals surface area contributed by atoms with E-state index >= 15 is 0 Å². The van der Waals surface area contributed by atoms with Gasteiger partial charge in [-0.1, -0.05) is 12.1 Å². The summed E-state index contributed by atoms with van der Waals surface area (Å²) >= 11 is 0. The first-order chi connectivity index (χ1) is 10.8. The predicted molar refractivity (Wildman–Crippen MR) is 87.5 cm³/mol.